The molecule has 10 heteroatoms. The van der Waals surface area contributed by atoms with Crippen molar-refractivity contribution in [1.29, 1.82) is 0 Å². The Balaban J connectivity index is 1.64. The molecular formula is C22H15F3N2O3S2. The summed E-state index contributed by atoms with van der Waals surface area (Å²) >= 11 is 2.09. The maximum atomic E-state index is 13.6. The third-order valence-corrected chi connectivity index (χ3v) is 8.18. The Bertz CT molecular complexity index is 1310. The fourth-order valence-electron chi connectivity index (χ4n) is 4.36. The molecule has 3 aromatic rings. The molecule has 2 aliphatic heterocycles. The van der Waals surface area contributed by atoms with E-state index in [1.54, 1.807) is 0 Å². The zero-order valence-corrected chi connectivity index (χ0v) is 18.1. The first kappa shape index (κ1) is 21.0. The van der Waals surface area contributed by atoms with Crippen LogP contribution in [0.1, 0.15) is 27.5 Å². The molecule has 2 amide bonds. The second kappa shape index (κ2) is 7.35. The fourth-order valence-corrected chi connectivity index (χ4v) is 6.87. The van der Waals surface area contributed by atoms with Gasteiger partial charge in [-0.05, 0) is 36.2 Å². The highest BCUT2D eigenvalue weighted by Gasteiger charge is 2.56. The second-order valence-electron chi connectivity index (χ2n) is 7.67. The van der Waals surface area contributed by atoms with Crippen LogP contribution in [0.2, 0.25) is 0 Å². The normalized spacial score (nSPS) is 22.8. The van der Waals surface area contributed by atoms with Gasteiger partial charge < -0.3 is 4.98 Å². The van der Waals surface area contributed by atoms with Crippen LogP contribution in [0, 0.1) is 12.8 Å². The van der Waals surface area contributed by atoms with Crippen molar-refractivity contribution >= 4 is 40.6 Å². The molecule has 0 saturated carbocycles. The predicted octanol–water partition coefficient (Wildman–Crippen LogP) is 4.56. The van der Waals surface area contributed by atoms with Crippen LogP contribution in [-0.2, 0) is 15.8 Å². The topological polar surface area (TPSA) is 70.2 Å². The quantitative estimate of drug-likeness (QED) is 0.551. The number of aromatic nitrogens is 1. The number of benzene rings is 2. The van der Waals surface area contributed by atoms with E-state index in [9.17, 15) is 27.6 Å². The summed E-state index contributed by atoms with van der Waals surface area (Å²) in [5.41, 5.74) is 0.668. The van der Waals surface area contributed by atoms with E-state index < -0.39 is 40.6 Å². The maximum absolute atomic E-state index is 13.6. The summed E-state index contributed by atoms with van der Waals surface area (Å²) in [6, 6.07) is 11.6. The number of aromatic amines is 1. The van der Waals surface area contributed by atoms with Gasteiger partial charge >= 0.3 is 11.0 Å². The predicted molar refractivity (Wildman–Crippen MR) is 115 cm³/mol. The number of rotatable bonds is 2. The Morgan fingerprint density at radius 2 is 1.75 bits per heavy atom. The number of H-pyrrole nitrogens is 1. The van der Waals surface area contributed by atoms with Crippen molar-refractivity contribution in [2.75, 3.05) is 4.90 Å². The number of hydrogen-bond acceptors (Lipinski definition) is 5. The molecule has 5 nitrogen and oxygen atoms in total. The minimum atomic E-state index is -4.60. The van der Waals surface area contributed by atoms with Crippen LogP contribution in [0.3, 0.4) is 0 Å². The number of fused-ring (bicyclic) bond motifs is 2. The number of nitrogens with one attached hydrogen (secondary N) is 1. The number of carbonyl (C=O) groups is 2. The number of imide groups is 1. The number of amides is 2. The van der Waals surface area contributed by atoms with Crippen LogP contribution < -0.4 is 9.77 Å². The van der Waals surface area contributed by atoms with Crippen LogP contribution in [0.4, 0.5) is 18.9 Å². The zero-order chi connectivity index (χ0) is 22.8. The van der Waals surface area contributed by atoms with E-state index in [0.29, 0.717) is 9.90 Å². The Kier molecular flexibility index (Phi) is 4.82. The van der Waals surface area contributed by atoms with E-state index in [4.69, 9.17) is 0 Å². The highest BCUT2D eigenvalue weighted by molar-refractivity contribution is 8.00. The third-order valence-electron chi connectivity index (χ3n) is 5.78. The van der Waals surface area contributed by atoms with Gasteiger partial charge in [-0.1, -0.05) is 53.4 Å². The standard InChI is InChI=1S/C22H15F3N2O3S2/c1-10-5-2-3-8-13(10)14-15-17(31-18-16(14)32-21(30)26-18)20(29)27(19(15)28)12-7-4-6-11(9-12)22(23,24)25/h2-9,14-15,17H,1H3,(H,26,30)/t14-,15-,17+/m0/s1. The van der Waals surface area contributed by atoms with Crippen molar-refractivity contribution in [3.8, 4) is 0 Å². The first-order valence-electron chi connectivity index (χ1n) is 9.67. The molecule has 1 saturated heterocycles. The molecule has 3 atom stereocenters. The molecule has 164 valence electrons. The molecule has 0 spiro atoms. The number of carbonyl (C=O) groups excluding carboxylic acids is 2. The number of aryl methyl sites for hydroxylation is 1. The van der Waals surface area contributed by atoms with Crippen molar-refractivity contribution in [2.45, 2.75) is 29.3 Å². The van der Waals surface area contributed by atoms with Crippen LogP contribution in [0.15, 0.2) is 58.4 Å². The largest absolute Gasteiger partial charge is 0.416 e. The first-order valence-corrected chi connectivity index (χ1v) is 11.4. The lowest BCUT2D eigenvalue weighted by molar-refractivity contribution is -0.137. The fraction of sp³-hybridized carbons (Fsp3) is 0.227. The summed E-state index contributed by atoms with van der Waals surface area (Å²) in [5.74, 6) is -2.53. The highest BCUT2D eigenvalue weighted by atomic mass is 32.2. The van der Waals surface area contributed by atoms with E-state index in [-0.39, 0.29) is 10.6 Å². The lowest BCUT2D eigenvalue weighted by Gasteiger charge is -2.30. The molecule has 0 radical (unpaired) electrons. The van der Waals surface area contributed by atoms with Gasteiger partial charge in [0.25, 0.3) is 0 Å². The van der Waals surface area contributed by atoms with Crippen LogP contribution >= 0.6 is 23.1 Å². The average molecular weight is 477 g/mol. The van der Waals surface area contributed by atoms with Crippen molar-refractivity contribution in [3.63, 3.8) is 0 Å². The van der Waals surface area contributed by atoms with Gasteiger partial charge in [0.1, 0.15) is 5.25 Å². The minimum absolute atomic E-state index is 0.106. The minimum Gasteiger partial charge on any atom is -0.307 e. The smallest absolute Gasteiger partial charge is 0.307 e. The maximum Gasteiger partial charge on any atom is 0.416 e. The highest BCUT2D eigenvalue weighted by Crippen LogP contribution is 2.53. The molecule has 32 heavy (non-hydrogen) atoms. The molecule has 1 N–H and O–H groups in total. The van der Waals surface area contributed by atoms with E-state index in [2.05, 4.69) is 4.98 Å². The molecule has 3 heterocycles. The van der Waals surface area contributed by atoms with Gasteiger partial charge in [-0.15, -0.1) is 0 Å². The van der Waals surface area contributed by atoms with E-state index in [0.717, 1.165) is 51.3 Å². The SMILES string of the molecule is Cc1ccccc1[C@@H]1c2sc(=O)[nH]c2S[C@H]2C(=O)N(c3cccc(C(F)(F)F)c3)C(=O)[C@@H]12. The second-order valence-corrected chi connectivity index (χ2v) is 9.83. The summed E-state index contributed by atoms with van der Waals surface area (Å²) in [7, 11) is 0. The van der Waals surface area contributed by atoms with Crippen LogP contribution in [0.5, 0.6) is 0 Å². The molecule has 0 bridgehead atoms. The number of thiazole rings is 1. The molecule has 5 rings (SSSR count). The van der Waals surface area contributed by atoms with Gasteiger partial charge in [0.2, 0.25) is 11.8 Å². The number of nitrogens with zero attached hydrogens (tertiary/aromatic N) is 1. The summed E-state index contributed by atoms with van der Waals surface area (Å²) in [6.07, 6.45) is -4.60. The molecule has 2 aliphatic rings. The summed E-state index contributed by atoms with van der Waals surface area (Å²) < 4.78 is 39.7. The van der Waals surface area contributed by atoms with Crippen molar-refractivity contribution in [2.24, 2.45) is 5.92 Å². The molecule has 0 unspecified atom stereocenters. The van der Waals surface area contributed by atoms with E-state index in [1.807, 2.05) is 31.2 Å². The molecule has 0 aliphatic carbocycles. The lowest BCUT2D eigenvalue weighted by Crippen LogP contribution is -2.32. The van der Waals surface area contributed by atoms with Crippen LogP contribution in [-0.4, -0.2) is 22.0 Å². The number of alkyl halides is 3. The van der Waals surface area contributed by atoms with Gasteiger partial charge in [-0.25, -0.2) is 4.90 Å². The van der Waals surface area contributed by atoms with E-state index in [1.165, 1.54) is 12.1 Å². The number of thioether (sulfide) groups is 1. The Hall–Kier alpha value is -2.85. The lowest BCUT2D eigenvalue weighted by atomic mass is 9.81. The van der Waals surface area contributed by atoms with Gasteiger partial charge in [0.05, 0.1) is 22.2 Å². The van der Waals surface area contributed by atoms with Gasteiger partial charge in [-0.2, -0.15) is 13.2 Å². The Morgan fingerprint density at radius 3 is 2.47 bits per heavy atom. The first-order chi connectivity index (χ1) is 15.2. The van der Waals surface area contributed by atoms with Gasteiger partial charge in [0, 0.05) is 10.8 Å². The van der Waals surface area contributed by atoms with Crippen molar-refractivity contribution < 1.29 is 22.8 Å². The summed E-state index contributed by atoms with van der Waals surface area (Å²) in [6.45, 7) is 1.88. The summed E-state index contributed by atoms with van der Waals surface area (Å²) in [4.78, 5) is 42.9. The number of anilines is 1. The Labute approximate surface area is 188 Å². The zero-order valence-electron chi connectivity index (χ0n) is 16.5. The van der Waals surface area contributed by atoms with E-state index >= 15 is 0 Å². The van der Waals surface area contributed by atoms with Crippen molar-refractivity contribution in [3.05, 3.63) is 79.8 Å². The van der Waals surface area contributed by atoms with Crippen LogP contribution in [0.25, 0.3) is 0 Å². The third kappa shape index (κ3) is 3.20. The molecule has 1 fully saturated rings. The van der Waals surface area contributed by atoms with Gasteiger partial charge in [-0.3, -0.25) is 14.4 Å². The molecular weight excluding hydrogens is 461 g/mol. The number of hydrogen-bond donors (Lipinski definition) is 1. The molecule has 1 aromatic heterocycles. The number of halogens is 3. The average Bonchev–Trinajstić information content (AvgIpc) is 3.23. The summed E-state index contributed by atoms with van der Waals surface area (Å²) in [5, 5.41) is -0.319. The van der Waals surface area contributed by atoms with Crippen molar-refractivity contribution in [1.82, 2.24) is 4.98 Å². The van der Waals surface area contributed by atoms with Gasteiger partial charge in [0.15, 0.2) is 0 Å². The Morgan fingerprint density at radius 1 is 1.00 bits per heavy atom. The monoisotopic (exact) mass is 476 g/mol. The molecule has 2 aromatic carbocycles.